The van der Waals surface area contributed by atoms with Crippen LogP contribution in [-0.2, 0) is 9.53 Å². The van der Waals surface area contributed by atoms with Gasteiger partial charge >= 0.3 is 5.97 Å². The van der Waals surface area contributed by atoms with Crippen molar-refractivity contribution in [2.24, 2.45) is 0 Å². The van der Waals surface area contributed by atoms with Gasteiger partial charge < -0.3 is 10.1 Å². The predicted octanol–water partition coefficient (Wildman–Crippen LogP) is 1.81. The van der Waals surface area contributed by atoms with Gasteiger partial charge in [-0.05, 0) is 6.92 Å². The van der Waals surface area contributed by atoms with Crippen LogP contribution in [0.2, 0.25) is 0 Å². The summed E-state index contributed by atoms with van der Waals surface area (Å²) in [5, 5.41) is 13.9. The lowest BCUT2D eigenvalue weighted by Gasteiger charge is -2.13. The molecule has 0 aliphatic carbocycles. The Balaban J connectivity index is 2.64. The van der Waals surface area contributed by atoms with Gasteiger partial charge in [0, 0.05) is 24.2 Å². The average molecular weight is 252 g/mol. The number of hydrogen-bond acceptors (Lipinski definition) is 5. The van der Waals surface area contributed by atoms with Gasteiger partial charge in [0.15, 0.2) is 0 Å². The zero-order chi connectivity index (χ0) is 13.5. The number of nitro benzene ring substituents is 1. The van der Waals surface area contributed by atoms with E-state index in [1.165, 1.54) is 13.2 Å². The molecule has 1 unspecified atom stereocenters. The van der Waals surface area contributed by atoms with Gasteiger partial charge in [0.05, 0.1) is 18.5 Å². The number of para-hydroxylation sites is 1. The molecule has 98 valence electrons. The third-order valence-corrected chi connectivity index (χ3v) is 2.61. The number of hydrogen-bond donors (Lipinski definition) is 1. The number of nitrogens with one attached hydrogen (secondary N) is 1. The van der Waals surface area contributed by atoms with E-state index in [2.05, 4.69) is 10.1 Å². The van der Waals surface area contributed by atoms with E-state index >= 15 is 0 Å². The maximum atomic E-state index is 10.9. The number of ether oxygens (including phenoxy) is 1. The van der Waals surface area contributed by atoms with Crippen molar-refractivity contribution < 1.29 is 14.5 Å². The van der Waals surface area contributed by atoms with Crippen LogP contribution in [0.3, 0.4) is 0 Å². The summed E-state index contributed by atoms with van der Waals surface area (Å²) < 4.78 is 4.51. The van der Waals surface area contributed by atoms with Gasteiger partial charge in [-0.3, -0.25) is 14.9 Å². The molecule has 0 bridgehead atoms. The normalized spacial score (nSPS) is 11.9. The maximum absolute atomic E-state index is 10.9. The molecule has 18 heavy (non-hydrogen) atoms. The molecule has 0 radical (unpaired) electrons. The summed E-state index contributed by atoms with van der Waals surface area (Å²) in [4.78, 5) is 21.4. The molecule has 0 aromatic heterocycles. The Labute approximate surface area is 105 Å². The van der Waals surface area contributed by atoms with Crippen LogP contribution in [0.5, 0.6) is 0 Å². The second-order valence-electron chi connectivity index (χ2n) is 3.82. The molecule has 0 fully saturated rings. The van der Waals surface area contributed by atoms with Crippen LogP contribution in [0.4, 0.5) is 5.69 Å². The van der Waals surface area contributed by atoms with Crippen LogP contribution < -0.4 is 5.32 Å². The number of esters is 1. The fourth-order valence-electron chi connectivity index (χ4n) is 1.62. The topological polar surface area (TPSA) is 81.5 Å². The van der Waals surface area contributed by atoms with Crippen molar-refractivity contribution in [3.05, 3.63) is 39.9 Å². The Morgan fingerprint density at radius 3 is 2.78 bits per heavy atom. The molecule has 0 heterocycles. The molecule has 0 saturated heterocycles. The van der Waals surface area contributed by atoms with E-state index < -0.39 is 4.92 Å². The smallest absolute Gasteiger partial charge is 0.306 e. The number of carbonyl (C=O) groups excluding carboxylic acids is 1. The molecule has 1 aromatic carbocycles. The molecular formula is C12H16N2O4. The van der Waals surface area contributed by atoms with Crippen molar-refractivity contribution in [3.63, 3.8) is 0 Å². The van der Waals surface area contributed by atoms with Crippen LogP contribution in [0.1, 0.15) is 24.9 Å². The number of nitrogens with zero attached hydrogens (tertiary/aromatic N) is 1. The highest BCUT2D eigenvalue weighted by atomic mass is 16.6. The maximum Gasteiger partial charge on any atom is 0.306 e. The fraction of sp³-hybridized carbons (Fsp3) is 0.417. The number of nitro groups is 1. The molecule has 0 aliphatic rings. The first-order valence-corrected chi connectivity index (χ1v) is 5.59. The minimum atomic E-state index is -0.409. The van der Waals surface area contributed by atoms with Crippen molar-refractivity contribution in [2.75, 3.05) is 13.7 Å². The van der Waals surface area contributed by atoms with Gasteiger partial charge in [-0.2, -0.15) is 0 Å². The van der Waals surface area contributed by atoms with Crippen LogP contribution in [0.25, 0.3) is 0 Å². The Kier molecular flexibility index (Phi) is 5.26. The van der Waals surface area contributed by atoms with Gasteiger partial charge in [0.2, 0.25) is 0 Å². The molecule has 1 rings (SSSR count). The van der Waals surface area contributed by atoms with Crippen LogP contribution >= 0.6 is 0 Å². The van der Waals surface area contributed by atoms with E-state index in [9.17, 15) is 14.9 Å². The molecule has 1 atom stereocenters. The zero-order valence-corrected chi connectivity index (χ0v) is 10.4. The van der Waals surface area contributed by atoms with Crippen molar-refractivity contribution >= 4 is 11.7 Å². The fourth-order valence-corrected chi connectivity index (χ4v) is 1.62. The SMILES string of the molecule is COC(=O)CCNC(C)c1ccccc1[N+](=O)[O-]. The summed E-state index contributed by atoms with van der Waals surface area (Å²) in [5.74, 6) is -0.308. The van der Waals surface area contributed by atoms with Crippen LogP contribution in [-0.4, -0.2) is 24.5 Å². The molecule has 0 amide bonds. The first-order valence-electron chi connectivity index (χ1n) is 5.59. The Bertz CT molecular complexity index is 434. The monoisotopic (exact) mass is 252 g/mol. The molecule has 1 N–H and O–H groups in total. The van der Waals surface area contributed by atoms with Crippen molar-refractivity contribution in [1.82, 2.24) is 5.32 Å². The minimum absolute atomic E-state index is 0.0792. The first-order chi connectivity index (χ1) is 8.56. The summed E-state index contributed by atoms with van der Waals surface area (Å²) in [5.41, 5.74) is 0.683. The highest BCUT2D eigenvalue weighted by molar-refractivity contribution is 5.69. The van der Waals surface area contributed by atoms with E-state index in [-0.39, 0.29) is 24.1 Å². The number of rotatable bonds is 6. The summed E-state index contributed by atoms with van der Waals surface area (Å²) in [7, 11) is 1.33. The average Bonchev–Trinajstić information content (AvgIpc) is 2.38. The van der Waals surface area contributed by atoms with Gasteiger partial charge in [-0.1, -0.05) is 18.2 Å². The number of benzene rings is 1. The molecular weight excluding hydrogens is 236 g/mol. The number of methoxy groups -OCH3 is 1. The lowest BCUT2D eigenvalue weighted by atomic mass is 10.1. The highest BCUT2D eigenvalue weighted by Gasteiger charge is 2.17. The summed E-state index contributed by atoms with van der Waals surface area (Å²) in [6.07, 6.45) is 0.238. The van der Waals surface area contributed by atoms with Gasteiger partial charge in [-0.15, -0.1) is 0 Å². The minimum Gasteiger partial charge on any atom is -0.469 e. The highest BCUT2D eigenvalue weighted by Crippen LogP contribution is 2.24. The van der Waals surface area contributed by atoms with E-state index in [1.54, 1.807) is 18.2 Å². The van der Waals surface area contributed by atoms with E-state index in [4.69, 9.17) is 0 Å². The zero-order valence-electron chi connectivity index (χ0n) is 10.4. The quantitative estimate of drug-likeness (QED) is 0.474. The van der Waals surface area contributed by atoms with Crippen LogP contribution in [0.15, 0.2) is 24.3 Å². The predicted molar refractivity (Wildman–Crippen MR) is 66.1 cm³/mol. The standard InChI is InChI=1S/C12H16N2O4/c1-9(13-8-7-12(15)18-2)10-5-3-4-6-11(10)14(16)17/h3-6,9,13H,7-8H2,1-2H3. The molecule has 1 aromatic rings. The lowest BCUT2D eigenvalue weighted by molar-refractivity contribution is -0.385. The molecule has 6 heteroatoms. The van der Waals surface area contributed by atoms with Gasteiger partial charge in [-0.25, -0.2) is 0 Å². The van der Waals surface area contributed by atoms with E-state index in [0.29, 0.717) is 12.1 Å². The second-order valence-corrected chi connectivity index (χ2v) is 3.82. The van der Waals surface area contributed by atoms with E-state index in [0.717, 1.165) is 0 Å². The molecule has 0 saturated carbocycles. The summed E-state index contributed by atoms with van der Waals surface area (Å²) in [6, 6.07) is 6.35. The van der Waals surface area contributed by atoms with Crippen molar-refractivity contribution in [2.45, 2.75) is 19.4 Å². The van der Waals surface area contributed by atoms with E-state index in [1.807, 2.05) is 6.92 Å². The van der Waals surface area contributed by atoms with Crippen molar-refractivity contribution in [3.8, 4) is 0 Å². The largest absolute Gasteiger partial charge is 0.469 e. The molecule has 0 spiro atoms. The van der Waals surface area contributed by atoms with Crippen LogP contribution in [0, 0.1) is 10.1 Å². The first kappa shape index (κ1) is 14.1. The number of carbonyl (C=O) groups is 1. The third kappa shape index (κ3) is 3.81. The lowest BCUT2D eigenvalue weighted by Crippen LogP contribution is -2.23. The summed E-state index contributed by atoms with van der Waals surface area (Å²) >= 11 is 0. The second kappa shape index (κ2) is 6.70. The molecule has 0 aliphatic heterocycles. The van der Waals surface area contributed by atoms with Gasteiger partial charge in [0.1, 0.15) is 0 Å². The summed E-state index contributed by atoms with van der Waals surface area (Å²) in [6.45, 7) is 2.24. The van der Waals surface area contributed by atoms with Gasteiger partial charge in [0.25, 0.3) is 5.69 Å². The Morgan fingerprint density at radius 1 is 1.50 bits per heavy atom. The molecule has 6 nitrogen and oxygen atoms in total. The Morgan fingerprint density at radius 2 is 2.17 bits per heavy atom. The third-order valence-electron chi connectivity index (χ3n) is 2.61. The Hall–Kier alpha value is -1.95. The van der Waals surface area contributed by atoms with Crippen molar-refractivity contribution in [1.29, 1.82) is 0 Å².